The molecule has 2 fully saturated rings. The lowest BCUT2D eigenvalue weighted by atomic mass is 9.83. The van der Waals surface area contributed by atoms with E-state index in [1.54, 1.807) is 11.9 Å². The van der Waals surface area contributed by atoms with Gasteiger partial charge in [-0.3, -0.25) is 9.59 Å². The maximum atomic E-state index is 13.2. The zero-order valence-electron chi connectivity index (χ0n) is 16.2. The van der Waals surface area contributed by atoms with E-state index in [-0.39, 0.29) is 24.8 Å². The number of halogens is 3. The minimum Gasteiger partial charge on any atom is -0.391 e. The van der Waals surface area contributed by atoms with Crippen molar-refractivity contribution < 1.29 is 27.9 Å². The number of likely N-dealkylation sites (tertiary alicyclic amines) is 2. The van der Waals surface area contributed by atoms with Gasteiger partial charge in [0, 0.05) is 32.0 Å². The molecule has 1 aromatic carbocycles. The summed E-state index contributed by atoms with van der Waals surface area (Å²) in [5.41, 5.74) is -0.690. The van der Waals surface area contributed by atoms with Crippen LogP contribution in [-0.2, 0) is 15.8 Å². The molecule has 0 aliphatic carbocycles. The molecular formula is C20H25F3N2O3. The number of carbonyl (C=O) groups excluding carboxylic acids is 2. The molecule has 2 aliphatic heterocycles. The van der Waals surface area contributed by atoms with Crippen LogP contribution in [-0.4, -0.2) is 53.0 Å². The monoisotopic (exact) mass is 398 g/mol. The standard InChI is InChI=1S/C20H25F3N2O3/c1-19(2)11-25(10-15(19)26)18(28)14-8-9-16(27)24(3)17(14)12-4-6-13(7-5-12)20(21,22)23/h4-7,14-15,17,26H,8-11H2,1-3H3. The van der Waals surface area contributed by atoms with E-state index < -0.39 is 35.2 Å². The van der Waals surface area contributed by atoms with Crippen LogP contribution in [0.15, 0.2) is 24.3 Å². The highest BCUT2D eigenvalue weighted by molar-refractivity contribution is 5.85. The second-order valence-corrected chi connectivity index (χ2v) is 8.44. The molecule has 1 N–H and O–H groups in total. The molecule has 0 radical (unpaired) electrons. The quantitative estimate of drug-likeness (QED) is 0.834. The van der Waals surface area contributed by atoms with Gasteiger partial charge in [0.25, 0.3) is 0 Å². The highest BCUT2D eigenvalue weighted by Crippen LogP contribution is 2.40. The first-order valence-electron chi connectivity index (χ1n) is 9.31. The van der Waals surface area contributed by atoms with Gasteiger partial charge >= 0.3 is 6.18 Å². The largest absolute Gasteiger partial charge is 0.416 e. The summed E-state index contributed by atoms with van der Waals surface area (Å²) in [7, 11) is 1.58. The fourth-order valence-electron chi connectivity index (χ4n) is 4.14. The van der Waals surface area contributed by atoms with E-state index in [1.165, 1.54) is 17.0 Å². The number of carbonyl (C=O) groups is 2. The molecule has 154 valence electrons. The molecule has 1 aromatic rings. The van der Waals surface area contributed by atoms with Gasteiger partial charge in [-0.2, -0.15) is 13.2 Å². The van der Waals surface area contributed by atoms with Crippen molar-refractivity contribution in [3.8, 4) is 0 Å². The number of nitrogens with zero attached hydrogens (tertiary/aromatic N) is 2. The van der Waals surface area contributed by atoms with Crippen molar-refractivity contribution in [2.75, 3.05) is 20.1 Å². The third-order valence-electron chi connectivity index (χ3n) is 5.96. The Balaban J connectivity index is 1.89. The van der Waals surface area contributed by atoms with Gasteiger partial charge < -0.3 is 14.9 Å². The van der Waals surface area contributed by atoms with Gasteiger partial charge in [0.2, 0.25) is 11.8 Å². The Morgan fingerprint density at radius 3 is 2.32 bits per heavy atom. The van der Waals surface area contributed by atoms with Gasteiger partial charge in [-0.15, -0.1) is 0 Å². The average molecular weight is 398 g/mol. The molecule has 5 nitrogen and oxygen atoms in total. The highest BCUT2D eigenvalue weighted by Gasteiger charge is 2.46. The van der Waals surface area contributed by atoms with E-state index in [9.17, 15) is 27.9 Å². The summed E-state index contributed by atoms with van der Waals surface area (Å²) in [4.78, 5) is 28.5. The summed E-state index contributed by atoms with van der Waals surface area (Å²) in [5.74, 6) is -0.870. The fourth-order valence-corrected chi connectivity index (χ4v) is 4.14. The molecule has 2 heterocycles. The van der Waals surface area contributed by atoms with Crippen molar-refractivity contribution >= 4 is 11.8 Å². The van der Waals surface area contributed by atoms with E-state index in [2.05, 4.69) is 0 Å². The van der Waals surface area contributed by atoms with Gasteiger partial charge in [-0.25, -0.2) is 0 Å². The van der Waals surface area contributed by atoms with Crippen LogP contribution in [0.3, 0.4) is 0 Å². The average Bonchev–Trinajstić information content (AvgIpc) is 2.89. The summed E-state index contributed by atoms with van der Waals surface area (Å²) < 4.78 is 38.6. The van der Waals surface area contributed by atoms with Gasteiger partial charge in [0.05, 0.1) is 23.6 Å². The molecular weight excluding hydrogens is 373 g/mol. The summed E-state index contributed by atoms with van der Waals surface area (Å²) >= 11 is 0. The summed E-state index contributed by atoms with van der Waals surface area (Å²) in [5, 5.41) is 10.2. The van der Waals surface area contributed by atoms with Crippen molar-refractivity contribution in [1.82, 2.24) is 9.80 Å². The third-order valence-corrected chi connectivity index (χ3v) is 5.96. The maximum absolute atomic E-state index is 13.2. The Morgan fingerprint density at radius 1 is 1.21 bits per heavy atom. The predicted octanol–water partition coefficient (Wildman–Crippen LogP) is 2.84. The van der Waals surface area contributed by atoms with Crippen molar-refractivity contribution in [2.45, 2.75) is 45.0 Å². The topological polar surface area (TPSA) is 60.9 Å². The minimum absolute atomic E-state index is 0.143. The van der Waals surface area contributed by atoms with E-state index in [4.69, 9.17) is 0 Å². The lowest BCUT2D eigenvalue weighted by molar-refractivity contribution is -0.146. The Morgan fingerprint density at radius 2 is 1.82 bits per heavy atom. The lowest BCUT2D eigenvalue weighted by Gasteiger charge is -2.40. The number of aliphatic hydroxyl groups excluding tert-OH is 1. The van der Waals surface area contributed by atoms with E-state index in [0.717, 1.165) is 12.1 Å². The highest BCUT2D eigenvalue weighted by atomic mass is 19.4. The molecule has 2 amide bonds. The molecule has 3 unspecified atom stereocenters. The Bertz CT molecular complexity index is 761. The second-order valence-electron chi connectivity index (χ2n) is 8.44. The number of amides is 2. The second kappa shape index (κ2) is 7.06. The Labute approximate surface area is 162 Å². The molecule has 3 atom stereocenters. The first-order chi connectivity index (χ1) is 12.9. The van der Waals surface area contributed by atoms with Crippen molar-refractivity contribution in [1.29, 1.82) is 0 Å². The molecule has 28 heavy (non-hydrogen) atoms. The Hall–Kier alpha value is -2.09. The minimum atomic E-state index is -4.45. The number of hydrogen-bond donors (Lipinski definition) is 1. The third kappa shape index (κ3) is 3.74. The number of alkyl halides is 3. The van der Waals surface area contributed by atoms with Crippen molar-refractivity contribution in [3.05, 3.63) is 35.4 Å². The van der Waals surface area contributed by atoms with Gasteiger partial charge in [0.1, 0.15) is 0 Å². The molecule has 0 saturated carbocycles. The number of piperidine rings is 1. The van der Waals surface area contributed by atoms with Crippen LogP contribution in [0.2, 0.25) is 0 Å². The van der Waals surface area contributed by atoms with Crippen LogP contribution >= 0.6 is 0 Å². The predicted molar refractivity (Wildman–Crippen MR) is 96.0 cm³/mol. The number of rotatable bonds is 2. The molecule has 0 aromatic heterocycles. The number of benzene rings is 1. The van der Waals surface area contributed by atoms with Crippen LogP contribution in [0.4, 0.5) is 13.2 Å². The summed E-state index contributed by atoms with van der Waals surface area (Å²) in [6, 6.07) is 4.01. The lowest BCUT2D eigenvalue weighted by Crippen LogP contribution is -2.47. The zero-order chi connectivity index (χ0) is 20.9. The number of β-amino-alcohol motifs (C(OH)–C–C–N with tert-alkyl or cyclic N) is 1. The molecule has 2 aliphatic rings. The van der Waals surface area contributed by atoms with Crippen LogP contribution in [0.1, 0.15) is 43.9 Å². The van der Waals surface area contributed by atoms with Gasteiger partial charge in [-0.1, -0.05) is 26.0 Å². The van der Waals surface area contributed by atoms with E-state index in [0.29, 0.717) is 18.5 Å². The van der Waals surface area contributed by atoms with Crippen molar-refractivity contribution in [2.24, 2.45) is 11.3 Å². The van der Waals surface area contributed by atoms with Crippen LogP contribution in [0, 0.1) is 11.3 Å². The van der Waals surface area contributed by atoms with Crippen molar-refractivity contribution in [3.63, 3.8) is 0 Å². The molecule has 0 bridgehead atoms. The maximum Gasteiger partial charge on any atom is 0.416 e. The number of aliphatic hydroxyl groups is 1. The SMILES string of the molecule is CN1C(=O)CCC(C(=O)N2CC(O)C(C)(C)C2)C1c1ccc(C(F)(F)F)cc1. The van der Waals surface area contributed by atoms with Gasteiger partial charge in [0.15, 0.2) is 0 Å². The normalized spacial score (nSPS) is 28.0. The summed E-state index contributed by atoms with van der Waals surface area (Å²) in [6.45, 7) is 4.39. The van der Waals surface area contributed by atoms with E-state index in [1.807, 2.05) is 13.8 Å². The fraction of sp³-hybridized carbons (Fsp3) is 0.600. The molecule has 8 heteroatoms. The van der Waals surface area contributed by atoms with Crippen LogP contribution in [0.5, 0.6) is 0 Å². The van der Waals surface area contributed by atoms with Crippen LogP contribution < -0.4 is 0 Å². The van der Waals surface area contributed by atoms with Crippen LogP contribution in [0.25, 0.3) is 0 Å². The first kappa shape index (κ1) is 20.6. The molecule has 0 spiro atoms. The molecule has 3 rings (SSSR count). The van der Waals surface area contributed by atoms with E-state index >= 15 is 0 Å². The number of hydrogen-bond acceptors (Lipinski definition) is 3. The smallest absolute Gasteiger partial charge is 0.391 e. The summed E-state index contributed by atoms with van der Waals surface area (Å²) in [6.07, 6.45) is -4.53. The first-order valence-corrected chi connectivity index (χ1v) is 9.31. The van der Waals surface area contributed by atoms with Gasteiger partial charge in [-0.05, 0) is 24.1 Å². The zero-order valence-corrected chi connectivity index (χ0v) is 16.2. The Kier molecular flexibility index (Phi) is 5.20. The molecule has 2 saturated heterocycles.